The molecule has 0 spiro atoms. The van der Waals surface area contributed by atoms with Crippen LogP contribution in [0.3, 0.4) is 0 Å². The lowest BCUT2D eigenvalue weighted by Gasteiger charge is -2.35. The minimum atomic E-state index is -4.32. The Bertz CT molecular complexity index is 952. The number of aliphatic hydroxyl groups is 1. The highest BCUT2D eigenvalue weighted by Gasteiger charge is 2.69. The third kappa shape index (κ3) is 2.12. The van der Waals surface area contributed by atoms with Gasteiger partial charge in [-0.1, -0.05) is 0 Å². The van der Waals surface area contributed by atoms with Crippen LogP contribution in [-0.2, 0) is 24.0 Å². The van der Waals surface area contributed by atoms with E-state index in [0.717, 1.165) is 0 Å². The van der Waals surface area contributed by atoms with Gasteiger partial charge in [-0.15, -0.1) is 0 Å². The molecule has 4 heterocycles. The second-order valence-electron chi connectivity index (χ2n) is 6.25. The number of ether oxygens (including phenoxy) is 1. The Kier molecular flexibility index (Phi) is 3.37. The summed E-state index contributed by atoms with van der Waals surface area (Å²) in [7, 11) is -4.32. The molecular weight excluding hydrogens is 351 g/mol. The van der Waals surface area contributed by atoms with Crippen molar-refractivity contribution in [1.29, 1.82) is 5.26 Å². The Morgan fingerprint density at radius 1 is 1.52 bits per heavy atom. The average Bonchev–Trinajstić information content (AvgIpc) is 3.07. The molecule has 2 aromatic heterocycles. The van der Waals surface area contributed by atoms with Gasteiger partial charge >= 0.3 is 7.82 Å². The molecule has 0 radical (unpaired) electrons. The van der Waals surface area contributed by atoms with Gasteiger partial charge in [-0.2, -0.15) is 10.4 Å². The lowest BCUT2D eigenvalue weighted by Crippen LogP contribution is -2.53. The summed E-state index contributed by atoms with van der Waals surface area (Å²) in [5, 5.41) is 25.2. The summed E-state index contributed by atoms with van der Waals surface area (Å²) in [6.07, 6.45) is -0.780. The monoisotopic (exact) mass is 366 g/mol. The lowest BCUT2D eigenvalue weighted by atomic mass is 9.80. The van der Waals surface area contributed by atoms with Crippen molar-refractivity contribution < 1.29 is 28.3 Å². The van der Waals surface area contributed by atoms with E-state index in [-0.39, 0.29) is 12.3 Å². The normalized spacial score (nSPS) is 40.8. The van der Waals surface area contributed by atoms with Crippen molar-refractivity contribution in [3.8, 4) is 6.07 Å². The van der Waals surface area contributed by atoms with Gasteiger partial charge in [0.2, 0.25) is 5.60 Å². The fourth-order valence-corrected chi connectivity index (χ4v) is 4.47. The zero-order chi connectivity index (χ0) is 18.0. The predicted molar refractivity (Wildman–Crippen MR) is 81.2 cm³/mol. The lowest BCUT2D eigenvalue weighted by molar-refractivity contribution is -0.104. The minimum Gasteiger partial charge on any atom is -0.383 e. The highest BCUT2D eigenvalue weighted by molar-refractivity contribution is 7.47. The van der Waals surface area contributed by atoms with E-state index >= 15 is 0 Å². The number of phosphoric ester groups is 1. The van der Waals surface area contributed by atoms with Crippen LogP contribution in [0.25, 0.3) is 5.52 Å². The maximum atomic E-state index is 11.7. The molecule has 10 nitrogen and oxygen atoms in total. The first-order valence-electron chi connectivity index (χ1n) is 7.49. The van der Waals surface area contributed by atoms with Crippen LogP contribution < -0.4 is 0 Å². The Labute approximate surface area is 142 Å². The zero-order valence-electron chi connectivity index (χ0n) is 13.4. The smallest absolute Gasteiger partial charge is 0.383 e. The van der Waals surface area contributed by atoms with Crippen LogP contribution in [0.1, 0.15) is 18.3 Å². The number of aryl methyl sites for hydroxylation is 1. The maximum Gasteiger partial charge on any atom is 0.472 e. The van der Waals surface area contributed by atoms with E-state index in [4.69, 9.17) is 13.8 Å². The van der Waals surface area contributed by atoms with Crippen LogP contribution in [0.5, 0.6) is 0 Å². The number of fused-ring (bicyclic) bond motifs is 2. The van der Waals surface area contributed by atoms with E-state index < -0.39 is 31.2 Å². The van der Waals surface area contributed by atoms with Gasteiger partial charge in [-0.05, 0) is 26.0 Å². The van der Waals surface area contributed by atoms with E-state index in [0.29, 0.717) is 11.2 Å². The standard InChI is InChI=1S/C14H15N4O6P/c1-8-9-3-4-11(18(9)17-7-16-8)14(6-15)13(2,19)12-10(23-14)5-22-25(20,21)24-12/h3-4,7,10,12,19H,5H2,1-2H3,(H,20,21)/t10-,12-,13-,14+/m1/s1. The Morgan fingerprint density at radius 2 is 2.28 bits per heavy atom. The topological polar surface area (TPSA) is 139 Å². The Hall–Kier alpha value is -1.86. The van der Waals surface area contributed by atoms with Crippen molar-refractivity contribution in [1.82, 2.24) is 14.6 Å². The van der Waals surface area contributed by atoms with Crippen LogP contribution >= 0.6 is 7.82 Å². The van der Waals surface area contributed by atoms with E-state index in [2.05, 4.69) is 10.1 Å². The number of hydrogen-bond acceptors (Lipinski definition) is 8. The molecule has 4 rings (SSSR count). The molecule has 1 unspecified atom stereocenters. The molecule has 2 N–H and O–H groups in total. The number of aromatic nitrogens is 3. The highest BCUT2D eigenvalue weighted by atomic mass is 31.2. The fraction of sp³-hybridized carbons (Fsp3) is 0.500. The second-order valence-corrected chi connectivity index (χ2v) is 7.65. The molecule has 0 saturated carbocycles. The van der Waals surface area contributed by atoms with Gasteiger partial charge in [0, 0.05) is 0 Å². The molecule has 2 aliphatic rings. The summed E-state index contributed by atoms with van der Waals surface area (Å²) in [4.78, 5) is 13.7. The van der Waals surface area contributed by atoms with E-state index in [1.807, 2.05) is 6.07 Å². The second kappa shape index (κ2) is 5.08. The summed E-state index contributed by atoms with van der Waals surface area (Å²) in [5.41, 5.74) is -2.20. The highest BCUT2D eigenvalue weighted by Crippen LogP contribution is 2.58. The number of phosphoric acid groups is 1. The molecule has 25 heavy (non-hydrogen) atoms. The molecule has 5 atom stereocenters. The van der Waals surface area contributed by atoms with E-state index in [1.54, 1.807) is 19.1 Å². The number of nitrogens with zero attached hydrogens (tertiary/aromatic N) is 4. The van der Waals surface area contributed by atoms with Crippen molar-refractivity contribution in [2.75, 3.05) is 6.61 Å². The first-order valence-corrected chi connectivity index (χ1v) is 8.98. The molecule has 132 valence electrons. The zero-order valence-corrected chi connectivity index (χ0v) is 14.3. The molecule has 2 aromatic rings. The first kappa shape index (κ1) is 16.6. The SMILES string of the molecule is Cc1ncnn2c([C@]3(C#N)O[C@@H]4COP(=O)(O)O[C@H]4[C@@]3(C)O)ccc12. The van der Waals surface area contributed by atoms with Gasteiger partial charge in [0.15, 0.2) is 0 Å². The largest absolute Gasteiger partial charge is 0.472 e. The molecule has 0 aliphatic carbocycles. The fourth-order valence-electron chi connectivity index (χ4n) is 3.44. The molecule has 11 heteroatoms. The molecular formula is C14H15N4O6P. The summed E-state index contributed by atoms with van der Waals surface area (Å²) in [6, 6.07) is 5.32. The van der Waals surface area contributed by atoms with Crippen molar-refractivity contribution in [2.24, 2.45) is 0 Å². The van der Waals surface area contributed by atoms with Crippen LogP contribution in [0.2, 0.25) is 0 Å². The average molecular weight is 366 g/mol. The summed E-state index contributed by atoms with van der Waals surface area (Å²) < 4.78 is 28.8. The number of rotatable bonds is 1. The molecule has 0 aromatic carbocycles. The van der Waals surface area contributed by atoms with Crippen molar-refractivity contribution >= 4 is 13.3 Å². The van der Waals surface area contributed by atoms with Crippen molar-refractivity contribution in [3.63, 3.8) is 0 Å². The van der Waals surface area contributed by atoms with Gasteiger partial charge in [0.05, 0.1) is 23.5 Å². The quantitative estimate of drug-likeness (QED) is 0.687. The number of nitriles is 1. The van der Waals surface area contributed by atoms with Crippen LogP contribution in [0.15, 0.2) is 18.5 Å². The van der Waals surface area contributed by atoms with Gasteiger partial charge in [0.25, 0.3) is 0 Å². The van der Waals surface area contributed by atoms with Gasteiger partial charge in [-0.3, -0.25) is 9.05 Å². The van der Waals surface area contributed by atoms with Crippen molar-refractivity contribution in [2.45, 2.75) is 37.3 Å². The number of hydrogen-bond donors (Lipinski definition) is 2. The third-order valence-electron chi connectivity index (χ3n) is 4.74. The third-order valence-corrected chi connectivity index (χ3v) is 5.71. The van der Waals surface area contributed by atoms with E-state index in [9.17, 15) is 19.8 Å². The Balaban J connectivity index is 1.91. The van der Waals surface area contributed by atoms with E-state index in [1.165, 1.54) is 17.8 Å². The van der Waals surface area contributed by atoms with Crippen LogP contribution in [0, 0.1) is 18.3 Å². The maximum absolute atomic E-state index is 11.7. The summed E-state index contributed by atoms with van der Waals surface area (Å²) in [6.45, 7) is 2.83. The molecule has 2 fully saturated rings. The molecule has 0 amide bonds. The molecule has 0 bridgehead atoms. The molecule has 2 saturated heterocycles. The minimum absolute atomic E-state index is 0.270. The van der Waals surface area contributed by atoms with Crippen molar-refractivity contribution in [3.05, 3.63) is 29.8 Å². The Morgan fingerprint density at radius 3 is 3.00 bits per heavy atom. The summed E-state index contributed by atoms with van der Waals surface area (Å²) in [5.74, 6) is 0. The van der Waals surface area contributed by atoms with Gasteiger partial charge < -0.3 is 14.7 Å². The van der Waals surface area contributed by atoms with Crippen LogP contribution in [0.4, 0.5) is 0 Å². The van der Waals surface area contributed by atoms with Gasteiger partial charge in [0.1, 0.15) is 30.2 Å². The van der Waals surface area contributed by atoms with Gasteiger partial charge in [-0.25, -0.2) is 14.1 Å². The molecule has 2 aliphatic heterocycles. The summed E-state index contributed by atoms with van der Waals surface area (Å²) >= 11 is 0. The first-order chi connectivity index (χ1) is 11.7. The predicted octanol–water partition coefficient (Wildman–Crippen LogP) is 0.422. The van der Waals surface area contributed by atoms with Crippen LogP contribution in [-0.4, -0.2) is 49.0 Å².